The van der Waals surface area contributed by atoms with Crippen LogP contribution in [0.1, 0.15) is 27.7 Å². The Bertz CT molecular complexity index is 3080. The lowest BCUT2D eigenvalue weighted by Crippen LogP contribution is -2.22. The minimum absolute atomic E-state index is 0.0260. The first-order valence-electron chi connectivity index (χ1n) is 19.9. The summed E-state index contributed by atoms with van der Waals surface area (Å²) in [7, 11) is -7.26. The minimum Gasteiger partial charge on any atom is -0.494 e. The molecule has 0 radical (unpaired) electrons. The van der Waals surface area contributed by atoms with Crippen molar-refractivity contribution in [3.63, 3.8) is 0 Å². The van der Waals surface area contributed by atoms with Gasteiger partial charge in [0.15, 0.2) is 15.2 Å². The lowest BCUT2D eigenvalue weighted by atomic mass is 10.2. The number of methoxy groups -OCH3 is 2. The van der Waals surface area contributed by atoms with Crippen molar-refractivity contribution < 1.29 is 47.7 Å². The maximum absolute atomic E-state index is 11.7. The Morgan fingerprint density at radius 3 is 1.43 bits per heavy atom. The van der Waals surface area contributed by atoms with Crippen LogP contribution in [-0.4, -0.2) is 114 Å². The van der Waals surface area contributed by atoms with Gasteiger partial charge in [0, 0.05) is 44.1 Å². The van der Waals surface area contributed by atoms with E-state index in [1.165, 1.54) is 45.7 Å². The summed E-state index contributed by atoms with van der Waals surface area (Å²) < 4.78 is 104. The molecule has 24 nitrogen and oxygen atoms in total. The van der Waals surface area contributed by atoms with Crippen molar-refractivity contribution in [1.29, 1.82) is 0 Å². The highest BCUT2D eigenvalue weighted by Gasteiger charge is 2.20. The van der Waals surface area contributed by atoms with Crippen molar-refractivity contribution in [2.45, 2.75) is 32.9 Å². The van der Waals surface area contributed by atoms with Gasteiger partial charge in [-0.15, -0.1) is 68.4 Å². The number of ether oxygens (including phenoxy) is 2. The molecule has 0 aliphatic rings. The van der Waals surface area contributed by atoms with Crippen LogP contribution in [0.25, 0.3) is 20.4 Å². The fourth-order valence-electron chi connectivity index (χ4n) is 6.12. The van der Waals surface area contributed by atoms with Gasteiger partial charge in [-0.25, -0.2) is 0 Å². The first-order chi connectivity index (χ1) is 33.0. The third kappa shape index (κ3) is 15.3. The van der Waals surface area contributed by atoms with E-state index < -0.39 is 37.1 Å². The van der Waals surface area contributed by atoms with Gasteiger partial charge in [-0.1, -0.05) is 11.8 Å². The molecule has 0 aliphatic heterocycles. The molecule has 5 aromatic heterocycles. The molecule has 7 rings (SSSR count). The topological polar surface area (TPSA) is 320 Å². The lowest BCUT2D eigenvalue weighted by Gasteiger charge is -2.25. The number of hydrogen-bond acceptors (Lipinski definition) is 28. The van der Waals surface area contributed by atoms with Crippen LogP contribution in [0.4, 0.5) is 56.0 Å². The Kier molecular flexibility index (Phi) is 20.1. The second-order valence-electron chi connectivity index (χ2n) is 13.1. The van der Waals surface area contributed by atoms with Crippen molar-refractivity contribution in [3.05, 3.63) is 47.2 Å². The minimum atomic E-state index is -4.25. The smallest absolute Gasteiger partial charge is 0.425 e. The SMILES string of the molecule is CCN(CC)c1cc(Nc2nc(Nc3cc(N(CC)CC)c(OC)cc3N=Nc3snc4sccc34)nc(SCCS(=O)(=O)O)n2)c(N=Nc2snc3sccc23)cc1OC.O=S(=O)=O.O=S(=O)=O. The monoisotopic (exact) mass is 1100 g/mol. The zero-order valence-electron chi connectivity index (χ0n) is 37.1. The van der Waals surface area contributed by atoms with Gasteiger partial charge < -0.3 is 29.9 Å². The van der Waals surface area contributed by atoms with Crippen molar-refractivity contribution in [2.24, 2.45) is 20.5 Å². The number of rotatable bonds is 20. The molecule has 0 amide bonds. The standard InChI is InChI=1S/C37H41N13O5S6.2O3S/c1-7-49(8-2)27-17-23(25(19-29(27)54-5)43-45-31-21-11-13-56-33(21)47-59-31)38-35-40-36(42-37(41-35)58-15-16-61(51,52)53)39-24-18-28(50(9-3)10-4)30(55-6)20-26(24)44-46-32-22-12-14-57-34(22)48-60-32;2*1-4(2)3/h11-14,17-20H,7-10,15-16H2,1-6H3,(H,51,52,53)(H2,38,39,40,41,42);;. The van der Waals surface area contributed by atoms with Crippen LogP contribution < -0.4 is 29.9 Å². The highest BCUT2D eigenvalue weighted by molar-refractivity contribution is 8.00. The van der Waals surface area contributed by atoms with Gasteiger partial charge in [-0.05, 0) is 85.8 Å². The molecule has 368 valence electrons. The third-order valence-corrected chi connectivity index (χ3v) is 14.3. The summed E-state index contributed by atoms with van der Waals surface area (Å²) in [4.78, 5) is 20.2. The second-order valence-corrected chi connectivity index (χ2v) is 19.9. The van der Waals surface area contributed by atoms with Gasteiger partial charge in [0.25, 0.3) is 10.1 Å². The third-order valence-electron chi connectivity index (χ3n) is 9.16. The molecule has 0 atom stereocenters. The predicted octanol–water partition coefficient (Wildman–Crippen LogP) is 9.21. The number of anilines is 6. The summed E-state index contributed by atoms with van der Waals surface area (Å²) in [5.74, 6) is 0.878. The molecule has 32 heteroatoms. The number of hydrogen-bond donors (Lipinski definition) is 3. The van der Waals surface area contributed by atoms with Gasteiger partial charge in [0.05, 0.1) is 53.5 Å². The molecular formula is C37H41N13O11S8. The summed E-state index contributed by atoms with van der Waals surface area (Å²) in [6.45, 7) is 11.0. The molecule has 5 heterocycles. The number of nitrogens with zero attached hydrogens (tertiary/aromatic N) is 11. The summed E-state index contributed by atoms with van der Waals surface area (Å²) in [5.41, 5.74) is 3.50. The van der Waals surface area contributed by atoms with Gasteiger partial charge in [-0.3, -0.25) is 4.55 Å². The number of thioether (sulfide) groups is 1. The van der Waals surface area contributed by atoms with Crippen LogP contribution in [0.5, 0.6) is 11.5 Å². The molecule has 0 unspecified atom stereocenters. The van der Waals surface area contributed by atoms with Crippen LogP contribution in [0.3, 0.4) is 0 Å². The average Bonchev–Trinajstić information content (AvgIpc) is 4.11. The highest BCUT2D eigenvalue weighted by atomic mass is 32.2. The largest absolute Gasteiger partial charge is 0.494 e. The number of fused-ring (bicyclic) bond motifs is 2. The Morgan fingerprint density at radius 1 is 0.667 bits per heavy atom. The second kappa shape index (κ2) is 25.7. The van der Waals surface area contributed by atoms with E-state index in [2.05, 4.69) is 87.3 Å². The molecule has 2 aromatic carbocycles. The van der Waals surface area contributed by atoms with Gasteiger partial charge >= 0.3 is 21.2 Å². The van der Waals surface area contributed by atoms with Crippen LogP contribution in [0.2, 0.25) is 0 Å². The van der Waals surface area contributed by atoms with Crippen LogP contribution in [-0.2, 0) is 31.3 Å². The van der Waals surface area contributed by atoms with Crippen LogP contribution >= 0.6 is 57.5 Å². The number of benzene rings is 2. The zero-order chi connectivity index (χ0) is 50.3. The highest BCUT2D eigenvalue weighted by Crippen LogP contribution is 2.44. The van der Waals surface area contributed by atoms with Crippen LogP contribution in [0, 0.1) is 0 Å². The van der Waals surface area contributed by atoms with E-state index in [0.29, 0.717) is 70.4 Å². The molecule has 0 spiro atoms. The average molecular weight is 1100 g/mol. The van der Waals surface area contributed by atoms with E-state index in [0.717, 1.165) is 43.6 Å². The van der Waals surface area contributed by atoms with Gasteiger partial charge in [0.1, 0.15) is 32.5 Å². The summed E-state index contributed by atoms with van der Waals surface area (Å²) in [5, 5.41) is 32.4. The number of azo groups is 2. The Balaban J connectivity index is 0.00000103. The van der Waals surface area contributed by atoms with Crippen molar-refractivity contribution in [2.75, 3.05) is 72.3 Å². The molecule has 0 fully saturated rings. The van der Waals surface area contributed by atoms with Gasteiger partial charge in [-0.2, -0.15) is 32.1 Å². The van der Waals surface area contributed by atoms with E-state index in [9.17, 15) is 13.0 Å². The van der Waals surface area contributed by atoms with E-state index in [1.807, 2.05) is 35.0 Å². The Morgan fingerprint density at radius 2 is 1.07 bits per heavy atom. The first-order valence-corrected chi connectivity index (χ1v) is 27.8. The summed E-state index contributed by atoms with van der Waals surface area (Å²) in [6, 6.07) is 11.3. The van der Waals surface area contributed by atoms with Crippen molar-refractivity contribution >= 4 is 165 Å². The van der Waals surface area contributed by atoms with E-state index >= 15 is 0 Å². The Labute approximate surface area is 418 Å². The predicted molar refractivity (Wildman–Crippen MR) is 269 cm³/mol. The normalized spacial score (nSPS) is 11.3. The van der Waals surface area contributed by atoms with Crippen LogP contribution in [0.15, 0.2) is 72.8 Å². The van der Waals surface area contributed by atoms with Crippen molar-refractivity contribution in [3.8, 4) is 11.5 Å². The quantitative estimate of drug-likeness (QED) is 0.0363. The van der Waals surface area contributed by atoms with Crippen molar-refractivity contribution in [1.82, 2.24) is 23.7 Å². The lowest BCUT2D eigenvalue weighted by molar-refractivity contribution is 0.414. The maximum atomic E-state index is 11.7. The molecule has 0 aliphatic carbocycles. The molecule has 7 aromatic rings. The molecule has 0 saturated carbocycles. The number of nitrogens with one attached hydrogen (secondary N) is 2. The number of aromatic nitrogens is 5. The Hall–Kier alpha value is -5.87. The van der Waals surface area contributed by atoms with E-state index in [4.69, 9.17) is 39.7 Å². The number of thiophene rings is 2. The summed E-state index contributed by atoms with van der Waals surface area (Å²) >= 11 is 6.62. The van der Waals surface area contributed by atoms with Gasteiger partial charge in [0.2, 0.25) is 11.9 Å². The van der Waals surface area contributed by atoms with E-state index in [-0.39, 0.29) is 22.8 Å². The fourth-order valence-corrected chi connectivity index (χ4v) is 10.9. The summed E-state index contributed by atoms with van der Waals surface area (Å²) in [6.07, 6.45) is 0. The molecule has 0 saturated heterocycles. The van der Waals surface area contributed by atoms with E-state index in [1.54, 1.807) is 26.4 Å². The molecule has 69 heavy (non-hydrogen) atoms. The molecular weight excluding hydrogens is 1060 g/mol. The zero-order valence-corrected chi connectivity index (χ0v) is 43.6. The first kappa shape index (κ1) is 54.1. The fraction of sp³-hybridized carbons (Fsp3) is 0.324. The molecule has 3 N–H and O–H groups in total. The molecule has 0 bridgehead atoms. The maximum Gasteiger partial charge on any atom is 0.425 e.